The Balaban J connectivity index is 1.61. The third-order valence-electron chi connectivity index (χ3n) is 8.76. The lowest BCUT2D eigenvalue weighted by atomic mass is 9.86. The first kappa shape index (κ1) is 33.1. The lowest BCUT2D eigenvalue weighted by Gasteiger charge is -2.37. The van der Waals surface area contributed by atoms with Gasteiger partial charge in [0.2, 0.25) is 4.38 Å². The number of nitrogens with zero attached hydrogens (tertiary/aromatic N) is 3. The number of ether oxygens (including phenoxy) is 4. The van der Waals surface area contributed by atoms with Crippen LogP contribution in [0.5, 0.6) is 0 Å². The molecule has 0 N–H and O–H groups in total. The van der Waals surface area contributed by atoms with E-state index in [-0.39, 0.29) is 5.04 Å². The normalized spacial score (nSPS) is 26.1. The van der Waals surface area contributed by atoms with Crippen molar-refractivity contribution < 1.29 is 23.4 Å². The average molecular weight is 685 g/mol. The minimum atomic E-state index is -2.08. The Labute approximate surface area is 274 Å². The smallest absolute Gasteiger partial charge is 0.220 e. The van der Waals surface area contributed by atoms with Gasteiger partial charge in [0.15, 0.2) is 26.4 Å². The lowest BCUT2D eigenvalue weighted by molar-refractivity contribution is -0.222. The highest BCUT2D eigenvalue weighted by Crippen LogP contribution is 2.55. The third kappa shape index (κ3) is 6.26. The molecule has 234 valence electrons. The molecule has 0 saturated carbocycles. The molecule has 0 spiro atoms. The number of hydrogen-bond donors (Lipinski definition) is 0. The van der Waals surface area contributed by atoms with Crippen molar-refractivity contribution >= 4 is 70.9 Å². The summed E-state index contributed by atoms with van der Waals surface area (Å²) in [7, 11) is -2.08. The Kier molecular flexibility index (Phi) is 9.10. The molecule has 8 nitrogen and oxygen atoms in total. The predicted molar refractivity (Wildman–Crippen MR) is 178 cm³/mol. The van der Waals surface area contributed by atoms with Crippen LogP contribution in [-0.2, 0) is 30.0 Å². The highest BCUT2D eigenvalue weighted by atomic mass is 35.5. The van der Waals surface area contributed by atoms with E-state index in [0.717, 1.165) is 16.5 Å². The quantitative estimate of drug-likeness (QED) is 0.138. The van der Waals surface area contributed by atoms with Gasteiger partial charge in [0.05, 0.1) is 12.0 Å². The molecule has 4 heterocycles. The minimum Gasteiger partial charge on any atom is -0.467 e. The van der Waals surface area contributed by atoms with Crippen LogP contribution < -0.4 is 0 Å². The van der Waals surface area contributed by atoms with Gasteiger partial charge in [-0.3, -0.25) is 0 Å². The molecule has 0 amide bonds. The number of aromatic nitrogens is 3. The van der Waals surface area contributed by atoms with Gasteiger partial charge in [0, 0.05) is 16.8 Å². The molecule has 5 rings (SSSR count). The van der Waals surface area contributed by atoms with E-state index in [2.05, 4.69) is 43.8 Å². The molecule has 0 bridgehead atoms. The number of thiocarbonyl (C=S) groups is 1. The van der Waals surface area contributed by atoms with Crippen LogP contribution in [0.4, 0.5) is 0 Å². The topological polar surface area (TPSA) is 76.9 Å². The maximum atomic E-state index is 6.91. The molecule has 3 aromatic rings. The molecule has 0 unspecified atom stereocenters. The fraction of sp³-hybridized carbons (Fsp3) is 0.567. The Morgan fingerprint density at radius 2 is 1.91 bits per heavy atom. The van der Waals surface area contributed by atoms with E-state index in [9.17, 15) is 0 Å². The van der Waals surface area contributed by atoms with Gasteiger partial charge in [0.1, 0.15) is 34.9 Å². The Hall–Kier alpha value is -1.28. The summed E-state index contributed by atoms with van der Waals surface area (Å²) in [6, 6.07) is 7.63. The summed E-state index contributed by atoms with van der Waals surface area (Å²) in [6.45, 7) is 17.3. The highest BCUT2D eigenvalue weighted by Gasteiger charge is 2.66. The van der Waals surface area contributed by atoms with E-state index in [4.69, 9.17) is 58.8 Å². The van der Waals surface area contributed by atoms with E-state index in [1.54, 1.807) is 0 Å². The summed E-state index contributed by atoms with van der Waals surface area (Å²) in [5, 5.41) is 1.73. The van der Waals surface area contributed by atoms with Gasteiger partial charge in [-0.05, 0) is 81.1 Å². The average Bonchev–Trinajstić information content (AvgIpc) is 3.53. The molecule has 43 heavy (non-hydrogen) atoms. The fourth-order valence-corrected chi connectivity index (χ4v) is 7.21. The van der Waals surface area contributed by atoms with E-state index in [1.165, 1.54) is 18.1 Å². The molecule has 2 fully saturated rings. The van der Waals surface area contributed by atoms with Crippen LogP contribution in [0.1, 0.15) is 65.0 Å². The van der Waals surface area contributed by atoms with E-state index >= 15 is 0 Å². The van der Waals surface area contributed by atoms with Gasteiger partial charge >= 0.3 is 0 Å². The monoisotopic (exact) mass is 683 g/mol. The number of hydrogen-bond acceptors (Lipinski definition) is 9. The van der Waals surface area contributed by atoms with Crippen LogP contribution in [-0.4, -0.2) is 57.1 Å². The number of rotatable bonds is 7. The largest absolute Gasteiger partial charge is 0.467 e. The summed E-state index contributed by atoms with van der Waals surface area (Å²) in [4.78, 5) is 8.64. The number of fused-ring (bicyclic) bond motifs is 2. The molecule has 0 aliphatic carbocycles. The van der Waals surface area contributed by atoms with Crippen molar-refractivity contribution in [1.29, 1.82) is 0 Å². The fourth-order valence-electron chi connectivity index (χ4n) is 5.57. The number of benzene rings is 1. The van der Waals surface area contributed by atoms with Crippen molar-refractivity contribution in [3.05, 3.63) is 58.1 Å². The van der Waals surface area contributed by atoms with Crippen molar-refractivity contribution in [2.75, 3.05) is 6.26 Å². The van der Waals surface area contributed by atoms with Gasteiger partial charge < -0.3 is 27.9 Å². The Bertz CT molecular complexity index is 1530. The number of halogens is 2. The van der Waals surface area contributed by atoms with Gasteiger partial charge in [-0.15, -0.1) is 0 Å². The molecular formula is C30H39Cl2N3O5S2Si. The SMILES string of the molecule is CSC(=S)O[C@H](c1ccc(Cl)cc1CO[Si](C)(C)C(C)(C)C)[C@H]1O[C@@H](n2ccc3c(Cl)ncnc32)[C@@H]2OC(C)(C)O[C@]12C. The molecule has 2 aliphatic rings. The number of thioether (sulfide) groups is 1. The summed E-state index contributed by atoms with van der Waals surface area (Å²) >= 11 is 19.9. The summed E-state index contributed by atoms with van der Waals surface area (Å²) in [6.07, 6.45) is 2.80. The molecule has 1 aromatic carbocycles. The summed E-state index contributed by atoms with van der Waals surface area (Å²) < 4.78 is 35.7. The van der Waals surface area contributed by atoms with Crippen LogP contribution >= 0.6 is 47.2 Å². The second-order valence-electron chi connectivity index (χ2n) is 13.2. The molecular weight excluding hydrogens is 645 g/mol. The van der Waals surface area contributed by atoms with Crippen LogP contribution in [0.25, 0.3) is 11.0 Å². The van der Waals surface area contributed by atoms with E-state index in [0.29, 0.717) is 26.8 Å². The van der Waals surface area contributed by atoms with Crippen molar-refractivity contribution in [1.82, 2.24) is 14.5 Å². The highest BCUT2D eigenvalue weighted by molar-refractivity contribution is 8.22. The third-order valence-corrected chi connectivity index (χ3v) is 14.8. The predicted octanol–water partition coefficient (Wildman–Crippen LogP) is 8.47. The van der Waals surface area contributed by atoms with Crippen molar-refractivity contribution in [3.8, 4) is 0 Å². The Morgan fingerprint density at radius 3 is 2.58 bits per heavy atom. The molecule has 2 aromatic heterocycles. The maximum Gasteiger partial charge on any atom is 0.220 e. The van der Waals surface area contributed by atoms with Crippen molar-refractivity contribution in [2.45, 2.75) is 102 Å². The van der Waals surface area contributed by atoms with Gasteiger partial charge in [0.25, 0.3) is 0 Å². The maximum absolute atomic E-state index is 6.91. The van der Waals surface area contributed by atoms with Crippen LogP contribution in [0.15, 0.2) is 36.8 Å². The first-order valence-corrected chi connectivity index (χ1v) is 19.4. The first-order valence-electron chi connectivity index (χ1n) is 14.1. The molecule has 2 aliphatic heterocycles. The zero-order valence-corrected chi connectivity index (χ0v) is 30.1. The molecule has 13 heteroatoms. The van der Waals surface area contributed by atoms with E-state index in [1.807, 2.05) is 62.1 Å². The molecule has 0 radical (unpaired) electrons. The van der Waals surface area contributed by atoms with Crippen molar-refractivity contribution in [3.63, 3.8) is 0 Å². The standard InChI is InChI=1S/C30H39Cl2N3O5S2Si/c1-28(2,3)43(8,9)36-15-17-14-18(31)10-11-19(17)21(37-27(41)42-7)22-30(6)23(39-29(4,5)40-30)26(38-22)35-13-12-20-24(32)33-16-34-25(20)35/h10-14,16,21-23,26H,15H2,1-9H3/t21-,22-,23+,26-,30-/m1/s1. The second-order valence-corrected chi connectivity index (χ2v) is 20.2. The molecule has 5 atom stereocenters. The zero-order chi connectivity index (χ0) is 31.5. The van der Waals surface area contributed by atoms with E-state index < -0.39 is 44.2 Å². The van der Waals surface area contributed by atoms with Crippen LogP contribution in [0, 0.1) is 0 Å². The van der Waals surface area contributed by atoms with Crippen LogP contribution in [0.2, 0.25) is 28.3 Å². The molecule has 2 saturated heterocycles. The van der Waals surface area contributed by atoms with Gasteiger partial charge in [-0.25, -0.2) is 9.97 Å². The van der Waals surface area contributed by atoms with Gasteiger partial charge in [-0.1, -0.05) is 61.8 Å². The summed E-state index contributed by atoms with van der Waals surface area (Å²) in [5.41, 5.74) is 1.47. The lowest BCUT2D eigenvalue weighted by Crippen LogP contribution is -2.47. The Morgan fingerprint density at radius 1 is 1.19 bits per heavy atom. The summed E-state index contributed by atoms with van der Waals surface area (Å²) in [5.74, 6) is -0.881. The zero-order valence-electron chi connectivity index (χ0n) is 25.9. The first-order chi connectivity index (χ1) is 20.0. The van der Waals surface area contributed by atoms with Crippen LogP contribution in [0.3, 0.4) is 0 Å². The van der Waals surface area contributed by atoms with Gasteiger partial charge in [-0.2, -0.15) is 0 Å². The minimum absolute atomic E-state index is 0.0388. The van der Waals surface area contributed by atoms with Crippen molar-refractivity contribution in [2.24, 2.45) is 0 Å². The second kappa shape index (κ2) is 11.8.